The zero-order valence-corrected chi connectivity index (χ0v) is 12.0. The Morgan fingerprint density at radius 3 is 2.83 bits per heavy atom. The van der Waals surface area contributed by atoms with Crippen LogP contribution in [0.25, 0.3) is 15.8 Å². The molecular formula is C11H4ClN3S3. The highest BCUT2D eigenvalue weighted by Gasteiger charge is 2.22. The van der Waals surface area contributed by atoms with Gasteiger partial charge in [0.15, 0.2) is 5.17 Å². The number of aromatic nitrogens is 1. The van der Waals surface area contributed by atoms with Crippen molar-refractivity contribution in [2.24, 2.45) is 4.40 Å². The Labute approximate surface area is 120 Å². The molecule has 0 unspecified atom stereocenters. The van der Waals surface area contributed by atoms with Crippen molar-refractivity contribution in [2.45, 2.75) is 0 Å². The minimum atomic E-state index is 0.376. The maximum Gasteiger partial charge on any atom is 0.154 e. The summed E-state index contributed by atoms with van der Waals surface area (Å²) in [6, 6.07) is 9.99. The first kappa shape index (κ1) is 12.1. The van der Waals surface area contributed by atoms with Gasteiger partial charge in [0.25, 0.3) is 0 Å². The molecule has 0 N–H and O–H groups in total. The second-order valence-electron chi connectivity index (χ2n) is 3.34. The van der Waals surface area contributed by atoms with Gasteiger partial charge in [-0.1, -0.05) is 23.7 Å². The molecule has 2 aromatic rings. The number of benzene rings is 1. The fourth-order valence-corrected chi connectivity index (χ4v) is 4.80. The monoisotopic (exact) mass is 309 g/mol. The van der Waals surface area contributed by atoms with Gasteiger partial charge in [0.2, 0.25) is 0 Å². The van der Waals surface area contributed by atoms with Gasteiger partial charge in [0.05, 0.1) is 26.1 Å². The quantitative estimate of drug-likeness (QED) is 0.443. The lowest BCUT2D eigenvalue weighted by molar-refractivity contribution is 1.43. The zero-order valence-electron chi connectivity index (χ0n) is 8.75. The van der Waals surface area contributed by atoms with Crippen LogP contribution in [-0.2, 0) is 0 Å². The summed E-state index contributed by atoms with van der Waals surface area (Å²) >= 11 is 7.47. The summed E-state index contributed by atoms with van der Waals surface area (Å²) in [6.07, 6.45) is 0. The third kappa shape index (κ3) is 2.04. The summed E-state index contributed by atoms with van der Waals surface area (Å²) in [5.41, 5.74) is 1.40. The largest absolute Gasteiger partial charge is 0.235 e. The predicted molar refractivity (Wildman–Crippen MR) is 80.6 cm³/mol. The van der Waals surface area contributed by atoms with Gasteiger partial charge < -0.3 is 0 Å². The maximum atomic E-state index is 9.31. The molecule has 7 heteroatoms. The Bertz CT molecular complexity index is 693. The van der Waals surface area contributed by atoms with E-state index in [1.165, 1.54) is 33.1 Å². The SMILES string of the molecule is N#C/C(=C1\SSN=C1Cl)c1nc2ccccc2s1. The Kier molecular flexibility index (Phi) is 3.31. The average Bonchev–Trinajstić information content (AvgIpc) is 2.97. The van der Waals surface area contributed by atoms with E-state index in [-0.39, 0.29) is 0 Å². The topological polar surface area (TPSA) is 49.0 Å². The minimum absolute atomic E-state index is 0.376. The van der Waals surface area contributed by atoms with Gasteiger partial charge in [-0.15, -0.1) is 11.3 Å². The number of nitrogens with zero attached hydrogens (tertiary/aromatic N) is 3. The van der Waals surface area contributed by atoms with Crippen molar-refractivity contribution >= 4 is 65.7 Å². The van der Waals surface area contributed by atoms with E-state index in [4.69, 9.17) is 11.6 Å². The van der Waals surface area contributed by atoms with Crippen LogP contribution in [0, 0.1) is 11.3 Å². The lowest BCUT2D eigenvalue weighted by Crippen LogP contribution is -1.90. The van der Waals surface area contributed by atoms with E-state index in [9.17, 15) is 5.26 Å². The summed E-state index contributed by atoms with van der Waals surface area (Å²) in [7, 11) is 2.67. The Morgan fingerprint density at radius 2 is 2.17 bits per heavy atom. The van der Waals surface area contributed by atoms with Crippen LogP contribution >= 0.6 is 44.7 Å². The van der Waals surface area contributed by atoms with E-state index in [0.29, 0.717) is 20.7 Å². The molecule has 1 aromatic carbocycles. The first-order valence-corrected chi connectivity index (χ1v) is 8.17. The third-order valence-corrected chi connectivity index (χ3v) is 5.65. The molecule has 2 heterocycles. The molecule has 0 atom stereocenters. The van der Waals surface area contributed by atoms with Gasteiger partial charge in [0, 0.05) is 0 Å². The van der Waals surface area contributed by atoms with Crippen molar-refractivity contribution < 1.29 is 0 Å². The van der Waals surface area contributed by atoms with Gasteiger partial charge in [-0.3, -0.25) is 0 Å². The normalized spacial score (nSPS) is 17.7. The van der Waals surface area contributed by atoms with Gasteiger partial charge in [0.1, 0.15) is 16.6 Å². The molecule has 3 nitrogen and oxygen atoms in total. The second kappa shape index (κ2) is 4.94. The molecule has 0 aliphatic carbocycles. The third-order valence-electron chi connectivity index (χ3n) is 2.27. The number of nitriles is 1. The number of fused-ring (bicyclic) bond motifs is 1. The number of rotatable bonds is 1. The van der Waals surface area contributed by atoms with Crippen molar-refractivity contribution in [1.82, 2.24) is 4.98 Å². The van der Waals surface area contributed by atoms with Crippen LogP contribution in [0.15, 0.2) is 33.6 Å². The smallest absolute Gasteiger partial charge is 0.154 e. The molecular weight excluding hydrogens is 306 g/mol. The second-order valence-corrected chi connectivity index (χ2v) is 6.59. The van der Waals surface area contributed by atoms with Crippen LogP contribution in [0.4, 0.5) is 0 Å². The Balaban J connectivity index is 2.19. The predicted octanol–water partition coefficient (Wildman–Crippen LogP) is 4.48. The fraction of sp³-hybridized carbons (Fsp3) is 0. The van der Waals surface area contributed by atoms with Crippen molar-refractivity contribution in [3.05, 3.63) is 34.2 Å². The van der Waals surface area contributed by atoms with E-state index in [1.807, 2.05) is 24.3 Å². The molecule has 3 rings (SSSR count). The summed E-state index contributed by atoms with van der Waals surface area (Å²) < 4.78 is 5.06. The lowest BCUT2D eigenvalue weighted by atomic mass is 10.3. The van der Waals surface area contributed by atoms with Crippen LogP contribution in [0.3, 0.4) is 0 Å². The van der Waals surface area contributed by atoms with E-state index in [2.05, 4.69) is 15.5 Å². The summed E-state index contributed by atoms with van der Waals surface area (Å²) in [5, 5.41) is 10.4. The van der Waals surface area contributed by atoms with E-state index < -0.39 is 0 Å². The van der Waals surface area contributed by atoms with Crippen LogP contribution in [0.5, 0.6) is 0 Å². The number of para-hydroxylation sites is 1. The van der Waals surface area contributed by atoms with Crippen molar-refractivity contribution in [2.75, 3.05) is 0 Å². The van der Waals surface area contributed by atoms with Crippen LogP contribution in [-0.4, -0.2) is 10.2 Å². The van der Waals surface area contributed by atoms with E-state index in [1.54, 1.807) is 0 Å². The fourth-order valence-electron chi connectivity index (χ4n) is 1.48. The molecule has 0 saturated heterocycles. The molecule has 1 aliphatic heterocycles. The van der Waals surface area contributed by atoms with Crippen molar-refractivity contribution in [3.8, 4) is 6.07 Å². The molecule has 0 spiro atoms. The number of halogens is 1. The van der Waals surface area contributed by atoms with Crippen LogP contribution in [0.1, 0.15) is 5.01 Å². The van der Waals surface area contributed by atoms with Crippen LogP contribution < -0.4 is 0 Å². The maximum absolute atomic E-state index is 9.31. The van der Waals surface area contributed by atoms with Gasteiger partial charge in [-0.2, -0.15) is 9.66 Å². The summed E-state index contributed by atoms with van der Waals surface area (Å²) in [6.45, 7) is 0. The highest BCUT2D eigenvalue weighted by molar-refractivity contribution is 8.78. The number of thiazole rings is 1. The molecule has 0 saturated carbocycles. The van der Waals surface area contributed by atoms with Gasteiger partial charge >= 0.3 is 0 Å². The first-order chi connectivity index (χ1) is 8.79. The highest BCUT2D eigenvalue weighted by atomic mass is 35.5. The number of hydrogen-bond acceptors (Lipinski definition) is 6. The molecule has 0 bridgehead atoms. The van der Waals surface area contributed by atoms with Crippen molar-refractivity contribution in [1.29, 1.82) is 5.26 Å². The molecule has 0 amide bonds. The average molecular weight is 310 g/mol. The standard InChI is InChI=1S/C11H4ClN3S3/c12-10-9(17-18-15-10)6(5-13)11-14-7-3-1-2-4-8(7)16-11/h1-4H/b9-6+. The summed E-state index contributed by atoms with van der Waals surface area (Å²) in [5.74, 6) is 0. The molecule has 18 heavy (non-hydrogen) atoms. The number of hydrogen-bond donors (Lipinski definition) is 0. The summed E-state index contributed by atoms with van der Waals surface area (Å²) in [4.78, 5) is 5.16. The minimum Gasteiger partial charge on any atom is -0.235 e. The number of allylic oxidation sites excluding steroid dienone is 2. The van der Waals surface area contributed by atoms with Gasteiger partial charge in [-0.25, -0.2) is 4.98 Å². The first-order valence-electron chi connectivity index (χ1n) is 4.87. The van der Waals surface area contributed by atoms with Crippen LogP contribution in [0.2, 0.25) is 0 Å². The van der Waals surface area contributed by atoms with E-state index >= 15 is 0 Å². The Morgan fingerprint density at radius 1 is 1.33 bits per heavy atom. The molecule has 1 aliphatic rings. The molecule has 1 aromatic heterocycles. The zero-order chi connectivity index (χ0) is 12.5. The molecule has 0 fully saturated rings. The van der Waals surface area contributed by atoms with Gasteiger partial charge in [-0.05, 0) is 22.9 Å². The molecule has 88 valence electrons. The molecule has 0 radical (unpaired) electrons. The highest BCUT2D eigenvalue weighted by Crippen LogP contribution is 2.44. The lowest BCUT2D eigenvalue weighted by Gasteiger charge is -1.96. The Hall–Kier alpha value is -1.00. The van der Waals surface area contributed by atoms with E-state index in [0.717, 1.165) is 10.2 Å². The van der Waals surface area contributed by atoms with Crippen molar-refractivity contribution in [3.63, 3.8) is 0 Å².